The number of ether oxygens (including phenoxy) is 6. The third-order valence-corrected chi connectivity index (χ3v) is 22.4. The summed E-state index contributed by atoms with van der Waals surface area (Å²) in [6.07, 6.45) is 7.68. The normalized spacial score (nSPS) is 19.4. The molecule has 9 saturated heterocycles. The van der Waals surface area contributed by atoms with Crippen molar-refractivity contribution in [1.82, 2.24) is 49.5 Å². The van der Waals surface area contributed by atoms with Crippen LogP contribution in [0.4, 0.5) is 57.3 Å². The van der Waals surface area contributed by atoms with Crippen LogP contribution in [0.3, 0.4) is 0 Å². The van der Waals surface area contributed by atoms with Crippen molar-refractivity contribution in [1.29, 1.82) is 15.8 Å². The standard InChI is InChI=1S/C30H33N7O4.C28H29N7O2.C28H30N6O3/c31-16-22-15-21(1-6-27(22)41-26-8-10-37(17-26)29(39)18-38)30-32-9-7-28(34-30)33-23-2-4-24(5-3-23)35-11-13-36(14-12-35)25-19-40-20-25;29-17-21-16-20(3-8-25(21)35-11-1-2-27(35)36)28-30-10-9-26(32-28)31-22-4-6-23(7-5-22)33-12-14-34(15-13-33)24-18-37-19-24;29-16-21-15-20(1-6-26(21)37-25-8-14-35-19-25)28-30-9-7-27(32-28)31-22-2-4-23(5-3-22)33-10-12-34(13-11-33)24-17-36-18-24/h1-7,9,15,25-26,38H,8,10-14,17-20H2,(H,32,33,34);3-10,16,24H,1-2,11-15,18-19H2,(H,30,31,32);1-7,9,15,24-25H,8,10-14,17-19H2,(H,30,31,32)/t26-;;25-/m1.1/s1. The molecule has 18 rings (SSSR count). The van der Waals surface area contributed by atoms with Crippen LogP contribution in [-0.2, 0) is 28.5 Å². The number of likely N-dealkylation sites (tertiary alicyclic amines) is 1. The fourth-order valence-electron chi connectivity index (χ4n) is 15.5. The van der Waals surface area contributed by atoms with E-state index >= 15 is 0 Å². The van der Waals surface area contributed by atoms with Gasteiger partial charge in [-0.3, -0.25) is 24.3 Å². The molecule has 29 nitrogen and oxygen atoms in total. The van der Waals surface area contributed by atoms with E-state index in [1.165, 1.54) is 17.1 Å². The number of nitrogens with one attached hydrogen (secondary N) is 3. The van der Waals surface area contributed by atoms with Crippen LogP contribution in [0.5, 0.6) is 11.5 Å². The van der Waals surface area contributed by atoms with Gasteiger partial charge in [-0.15, -0.1) is 0 Å². The van der Waals surface area contributed by atoms with Gasteiger partial charge in [0, 0.05) is 180 Å². The first-order valence-electron chi connectivity index (χ1n) is 39.6. The molecule has 9 aliphatic rings. The fourth-order valence-corrected chi connectivity index (χ4v) is 15.5. The molecule has 0 radical (unpaired) electrons. The summed E-state index contributed by atoms with van der Waals surface area (Å²) in [7, 11) is 0. The van der Waals surface area contributed by atoms with E-state index in [4.69, 9.17) is 33.5 Å². The molecule has 2 amide bonds. The van der Waals surface area contributed by atoms with Gasteiger partial charge in [-0.25, -0.2) is 29.9 Å². The number of hydrogen-bond acceptors (Lipinski definition) is 27. The molecule has 6 aromatic carbocycles. The Morgan fingerprint density at radius 3 is 1.21 bits per heavy atom. The lowest BCUT2D eigenvalue weighted by Gasteiger charge is -2.43. The summed E-state index contributed by atoms with van der Waals surface area (Å²) in [5.41, 5.74) is 10.6. The van der Waals surface area contributed by atoms with E-state index in [1.54, 1.807) is 52.7 Å². The highest BCUT2D eigenvalue weighted by Gasteiger charge is 2.34. The number of carbonyl (C=O) groups is 2. The number of rotatable bonds is 21. The lowest BCUT2D eigenvalue weighted by Crippen LogP contribution is -2.56. The Labute approximate surface area is 668 Å². The smallest absolute Gasteiger partial charge is 0.248 e. The van der Waals surface area contributed by atoms with E-state index in [0.29, 0.717) is 138 Å². The fraction of sp³-hybridized carbons (Fsp3) is 0.384. The molecule has 4 N–H and O–H groups in total. The van der Waals surface area contributed by atoms with Crippen LogP contribution in [0.15, 0.2) is 164 Å². The predicted molar refractivity (Wildman–Crippen MR) is 435 cm³/mol. The van der Waals surface area contributed by atoms with Crippen LogP contribution in [0.25, 0.3) is 34.2 Å². The number of aromatic nitrogens is 6. The maximum absolute atomic E-state index is 12.2. The average molecular weight is 1550 g/mol. The zero-order chi connectivity index (χ0) is 78.4. The van der Waals surface area contributed by atoms with Crippen molar-refractivity contribution in [3.8, 4) is 63.9 Å². The second-order valence-electron chi connectivity index (χ2n) is 29.7. The van der Waals surface area contributed by atoms with E-state index in [9.17, 15) is 25.4 Å². The van der Waals surface area contributed by atoms with E-state index in [0.717, 1.165) is 159 Å². The van der Waals surface area contributed by atoms with Crippen molar-refractivity contribution in [2.45, 2.75) is 56.0 Å². The first-order chi connectivity index (χ1) is 56.5. The number of nitrogens with zero attached hydrogens (tertiary/aromatic N) is 17. The number of carbonyl (C=O) groups excluding carboxylic acids is 2. The summed E-state index contributed by atoms with van der Waals surface area (Å²) in [6, 6.07) is 55.4. The van der Waals surface area contributed by atoms with Crippen molar-refractivity contribution in [3.05, 3.63) is 181 Å². The molecule has 9 fully saturated rings. The second-order valence-corrected chi connectivity index (χ2v) is 29.7. The van der Waals surface area contributed by atoms with Crippen molar-refractivity contribution in [2.75, 3.05) is 193 Å². The molecule has 3 aromatic heterocycles. The van der Waals surface area contributed by atoms with E-state index in [1.807, 2.05) is 48.5 Å². The van der Waals surface area contributed by atoms with E-state index in [-0.39, 0.29) is 24.0 Å². The molecule has 29 heteroatoms. The molecule has 2 atom stereocenters. The van der Waals surface area contributed by atoms with E-state index in [2.05, 4.69) is 166 Å². The minimum Gasteiger partial charge on any atom is -0.487 e. The number of aliphatic hydroxyl groups is 1. The van der Waals surface area contributed by atoms with Crippen molar-refractivity contribution >= 4 is 69.1 Å². The highest BCUT2D eigenvalue weighted by molar-refractivity contribution is 5.97. The summed E-state index contributed by atoms with van der Waals surface area (Å²) in [4.78, 5) is 69.3. The highest BCUT2D eigenvalue weighted by atomic mass is 16.5. The molecule has 0 spiro atoms. The van der Waals surface area contributed by atoms with Gasteiger partial charge in [0.25, 0.3) is 0 Å². The summed E-state index contributed by atoms with van der Waals surface area (Å²) < 4.78 is 33.4. The molecule has 115 heavy (non-hydrogen) atoms. The molecule has 590 valence electrons. The van der Waals surface area contributed by atoms with Gasteiger partial charge >= 0.3 is 0 Å². The number of nitriles is 3. The van der Waals surface area contributed by atoms with Crippen molar-refractivity contribution in [3.63, 3.8) is 0 Å². The SMILES string of the molecule is N#Cc1cc(-c2nccc(Nc3ccc(N4CCN(C5COC5)CC4)cc3)n2)ccc1N1CCCC1=O.N#Cc1cc(-c2nccc(Nc3ccc(N4CCN(C5COC5)CC4)cc3)n2)ccc1O[C@@H]1CCN(C(=O)CO)C1.N#Cc1cc(-c2nccc(Nc3ccc(N4CCN(C5COC5)CC4)cc3)n2)ccc1O[C@@H]1CCOC1. The van der Waals surface area contributed by atoms with Gasteiger partial charge in [-0.2, -0.15) is 15.8 Å². The minimum absolute atomic E-state index is 0.0137. The lowest BCUT2D eigenvalue weighted by atomic mass is 10.1. The second kappa shape index (κ2) is 36.5. The van der Waals surface area contributed by atoms with Crippen LogP contribution in [0.2, 0.25) is 0 Å². The Morgan fingerprint density at radius 1 is 0.452 bits per heavy atom. The number of anilines is 10. The first-order valence-corrected chi connectivity index (χ1v) is 39.6. The summed E-state index contributed by atoms with van der Waals surface area (Å²) in [6.45, 7) is 20.0. The van der Waals surface area contributed by atoms with Gasteiger partial charge in [-0.05, 0) is 152 Å². The molecule has 12 heterocycles. The maximum atomic E-state index is 12.2. The van der Waals surface area contributed by atoms with Gasteiger partial charge in [0.1, 0.15) is 66.0 Å². The topological polar surface area (TPSA) is 320 Å². The van der Waals surface area contributed by atoms with Gasteiger partial charge in [0.15, 0.2) is 17.5 Å². The summed E-state index contributed by atoms with van der Waals surface area (Å²) in [5.74, 6) is 4.33. The predicted octanol–water partition coefficient (Wildman–Crippen LogP) is 9.11. The van der Waals surface area contributed by atoms with E-state index < -0.39 is 6.61 Å². The van der Waals surface area contributed by atoms with Gasteiger partial charge in [0.05, 0.1) is 99.9 Å². The summed E-state index contributed by atoms with van der Waals surface area (Å²) in [5, 5.41) is 48.3. The van der Waals surface area contributed by atoms with Gasteiger partial charge in [0.2, 0.25) is 11.8 Å². The maximum Gasteiger partial charge on any atom is 0.248 e. The van der Waals surface area contributed by atoms with Crippen LogP contribution in [0, 0.1) is 34.0 Å². The number of amides is 2. The Balaban J connectivity index is 0.000000130. The Bertz CT molecular complexity index is 4980. The monoisotopic (exact) mass is 1550 g/mol. The quantitative estimate of drug-likeness (QED) is 0.0521. The highest BCUT2D eigenvalue weighted by Crippen LogP contribution is 2.35. The minimum atomic E-state index is -0.515. The van der Waals surface area contributed by atoms with Crippen molar-refractivity contribution < 1.29 is 43.1 Å². The van der Waals surface area contributed by atoms with Crippen LogP contribution >= 0.6 is 0 Å². The first kappa shape index (κ1) is 77.0. The zero-order valence-electron chi connectivity index (χ0n) is 64.1. The molecule has 0 aliphatic carbocycles. The molecular weight excluding hydrogens is 1460 g/mol. The Morgan fingerprint density at radius 2 is 0.852 bits per heavy atom. The third-order valence-electron chi connectivity index (χ3n) is 22.4. The van der Waals surface area contributed by atoms with Crippen molar-refractivity contribution in [2.24, 2.45) is 0 Å². The summed E-state index contributed by atoms with van der Waals surface area (Å²) >= 11 is 0. The van der Waals surface area contributed by atoms with Gasteiger partial charge in [-0.1, -0.05) is 0 Å². The van der Waals surface area contributed by atoms with Gasteiger partial charge < -0.3 is 74.0 Å². The third kappa shape index (κ3) is 18.8. The van der Waals surface area contributed by atoms with Crippen LogP contribution < -0.4 is 45.0 Å². The average Bonchev–Trinajstić information content (AvgIpc) is 1.82. The zero-order valence-corrected chi connectivity index (χ0v) is 64.1. The molecule has 9 aliphatic heterocycles. The molecule has 0 unspecified atom stereocenters. The Kier molecular flexibility index (Phi) is 24.4. The van der Waals surface area contributed by atoms with Crippen LogP contribution in [0.1, 0.15) is 42.4 Å². The largest absolute Gasteiger partial charge is 0.487 e. The number of piperazine rings is 3. The number of aliphatic hydroxyl groups excluding tert-OH is 1. The molecule has 0 bridgehead atoms. The lowest BCUT2D eigenvalue weighted by molar-refractivity contribution is -0.133. The number of benzene rings is 6. The van der Waals surface area contributed by atoms with Crippen LogP contribution in [-0.4, -0.2) is 254 Å². The molecule has 9 aromatic rings. The molecular formula is C86H92N20O9. The number of hydrogen-bond donors (Lipinski definition) is 4. The molecule has 0 saturated carbocycles. The Hall–Kier alpha value is -12.0.